The largest absolute Gasteiger partial charge is 0.497 e. The van der Waals surface area contributed by atoms with E-state index in [0.29, 0.717) is 0 Å². The third-order valence-corrected chi connectivity index (χ3v) is 4.55. The van der Waals surface area contributed by atoms with Gasteiger partial charge in [0.1, 0.15) is 5.75 Å². The fourth-order valence-corrected chi connectivity index (χ4v) is 3.48. The number of benzene rings is 1. The fraction of sp³-hybridized carbons (Fsp3) is 0.529. The number of fused-ring (bicyclic) bond motifs is 2. The van der Waals surface area contributed by atoms with E-state index in [-0.39, 0.29) is 0 Å². The summed E-state index contributed by atoms with van der Waals surface area (Å²) in [5, 5.41) is 3.62. The minimum absolute atomic E-state index is 0.856. The summed E-state index contributed by atoms with van der Waals surface area (Å²) in [4.78, 5) is 0. The van der Waals surface area contributed by atoms with Crippen LogP contribution >= 0.6 is 0 Å². The van der Waals surface area contributed by atoms with Crippen molar-refractivity contribution in [3.05, 3.63) is 42.0 Å². The van der Waals surface area contributed by atoms with Crippen molar-refractivity contribution < 1.29 is 4.74 Å². The average Bonchev–Trinajstić information content (AvgIpc) is 3.06. The summed E-state index contributed by atoms with van der Waals surface area (Å²) >= 11 is 0. The summed E-state index contributed by atoms with van der Waals surface area (Å²) in [7, 11) is 1.72. The highest BCUT2D eigenvalue weighted by Crippen LogP contribution is 2.42. The van der Waals surface area contributed by atoms with Crippen LogP contribution in [0.25, 0.3) is 0 Å². The van der Waals surface area contributed by atoms with E-state index >= 15 is 0 Å². The summed E-state index contributed by atoms with van der Waals surface area (Å²) in [6.07, 6.45) is 8.73. The number of methoxy groups -OCH3 is 1. The van der Waals surface area contributed by atoms with Gasteiger partial charge < -0.3 is 10.1 Å². The van der Waals surface area contributed by atoms with E-state index in [1.54, 1.807) is 7.11 Å². The minimum atomic E-state index is 0.856. The predicted molar refractivity (Wildman–Crippen MR) is 78.4 cm³/mol. The molecule has 2 aliphatic rings. The summed E-state index contributed by atoms with van der Waals surface area (Å²) < 4.78 is 5.25. The molecule has 102 valence electrons. The number of hydrogen-bond acceptors (Lipinski definition) is 2. The van der Waals surface area contributed by atoms with E-state index in [1.165, 1.54) is 24.9 Å². The van der Waals surface area contributed by atoms with Crippen LogP contribution in [-0.2, 0) is 6.42 Å². The van der Waals surface area contributed by atoms with E-state index in [2.05, 4.69) is 35.7 Å². The van der Waals surface area contributed by atoms with Gasteiger partial charge in [0.15, 0.2) is 0 Å². The Morgan fingerprint density at radius 3 is 2.95 bits per heavy atom. The van der Waals surface area contributed by atoms with Crippen molar-refractivity contribution in [3.63, 3.8) is 0 Å². The second-order valence-electron chi connectivity index (χ2n) is 5.85. The van der Waals surface area contributed by atoms with Gasteiger partial charge in [0, 0.05) is 0 Å². The van der Waals surface area contributed by atoms with Crippen molar-refractivity contribution in [2.45, 2.75) is 19.3 Å². The first-order valence-corrected chi connectivity index (χ1v) is 7.37. The quantitative estimate of drug-likeness (QED) is 0.625. The maximum Gasteiger partial charge on any atom is 0.119 e. The Hall–Kier alpha value is -1.28. The van der Waals surface area contributed by atoms with Crippen molar-refractivity contribution in [2.75, 3.05) is 20.2 Å². The highest BCUT2D eigenvalue weighted by molar-refractivity contribution is 5.28. The molecule has 1 N–H and O–H groups in total. The van der Waals surface area contributed by atoms with Crippen LogP contribution in [0.3, 0.4) is 0 Å². The Morgan fingerprint density at radius 2 is 2.21 bits per heavy atom. The molecule has 3 rings (SSSR count). The monoisotopic (exact) mass is 257 g/mol. The molecule has 19 heavy (non-hydrogen) atoms. The molecule has 0 amide bonds. The van der Waals surface area contributed by atoms with Crippen LogP contribution in [-0.4, -0.2) is 20.2 Å². The second-order valence-corrected chi connectivity index (χ2v) is 5.85. The summed E-state index contributed by atoms with van der Waals surface area (Å²) in [6, 6.07) is 8.36. The fourth-order valence-electron chi connectivity index (χ4n) is 3.48. The van der Waals surface area contributed by atoms with E-state index in [4.69, 9.17) is 4.74 Å². The summed E-state index contributed by atoms with van der Waals surface area (Å²) in [5.74, 6) is 3.57. The summed E-state index contributed by atoms with van der Waals surface area (Å²) in [6.45, 7) is 2.24. The Balaban J connectivity index is 1.40. The number of hydrogen-bond donors (Lipinski definition) is 1. The number of rotatable bonds is 6. The highest BCUT2D eigenvalue weighted by Gasteiger charge is 2.34. The van der Waals surface area contributed by atoms with Crippen LogP contribution in [0.1, 0.15) is 18.4 Å². The van der Waals surface area contributed by atoms with Crippen molar-refractivity contribution in [3.8, 4) is 5.75 Å². The van der Waals surface area contributed by atoms with E-state index in [9.17, 15) is 0 Å². The third kappa shape index (κ3) is 3.01. The number of allylic oxidation sites excluding steroid dienone is 2. The molecule has 0 radical (unpaired) electrons. The van der Waals surface area contributed by atoms with E-state index in [1.807, 2.05) is 6.07 Å². The van der Waals surface area contributed by atoms with E-state index < -0.39 is 0 Å². The standard InChI is InChI=1S/C17H23NO/c1-19-17-4-2-3-13(11-17)7-8-18-12-16-10-14-5-6-15(16)9-14/h2-6,11,14-16,18H,7-10,12H2,1H3. The lowest BCUT2D eigenvalue weighted by Crippen LogP contribution is -2.27. The van der Waals surface area contributed by atoms with E-state index in [0.717, 1.165) is 36.5 Å². The van der Waals surface area contributed by atoms with Crippen LogP contribution in [0.4, 0.5) is 0 Å². The molecule has 1 fully saturated rings. The molecular formula is C17H23NO. The van der Waals surface area contributed by atoms with Gasteiger partial charge in [-0.3, -0.25) is 0 Å². The maximum atomic E-state index is 5.25. The van der Waals surface area contributed by atoms with Gasteiger partial charge >= 0.3 is 0 Å². The Kier molecular flexibility index (Phi) is 3.88. The lowest BCUT2D eigenvalue weighted by atomic mass is 9.93. The minimum Gasteiger partial charge on any atom is -0.497 e. The molecular weight excluding hydrogens is 234 g/mol. The first-order chi connectivity index (χ1) is 9.35. The van der Waals surface area contributed by atoms with Crippen LogP contribution in [0, 0.1) is 17.8 Å². The zero-order chi connectivity index (χ0) is 13.1. The number of nitrogens with one attached hydrogen (secondary N) is 1. The maximum absolute atomic E-state index is 5.25. The first-order valence-electron chi connectivity index (χ1n) is 7.37. The van der Waals surface area contributed by atoms with Crippen molar-refractivity contribution in [2.24, 2.45) is 17.8 Å². The van der Waals surface area contributed by atoms with Gasteiger partial charge in [-0.1, -0.05) is 24.3 Å². The SMILES string of the molecule is COc1cccc(CCNCC2CC3C=CC2C3)c1. The molecule has 2 aliphatic carbocycles. The van der Waals surface area contributed by atoms with Crippen LogP contribution in [0.2, 0.25) is 0 Å². The molecule has 0 saturated heterocycles. The molecule has 2 nitrogen and oxygen atoms in total. The lowest BCUT2D eigenvalue weighted by molar-refractivity contribution is 0.412. The van der Waals surface area contributed by atoms with Crippen LogP contribution in [0.15, 0.2) is 36.4 Å². The molecule has 3 unspecified atom stereocenters. The molecule has 2 heteroatoms. The van der Waals surface area contributed by atoms with Gasteiger partial charge in [-0.05, 0) is 67.8 Å². The van der Waals surface area contributed by atoms with Gasteiger partial charge in [-0.25, -0.2) is 0 Å². The van der Waals surface area contributed by atoms with Gasteiger partial charge in [0.25, 0.3) is 0 Å². The highest BCUT2D eigenvalue weighted by atomic mass is 16.5. The average molecular weight is 257 g/mol. The number of ether oxygens (including phenoxy) is 1. The Labute approximate surface area is 115 Å². The molecule has 1 saturated carbocycles. The smallest absolute Gasteiger partial charge is 0.119 e. The zero-order valence-electron chi connectivity index (χ0n) is 11.6. The summed E-state index contributed by atoms with van der Waals surface area (Å²) in [5.41, 5.74) is 1.35. The van der Waals surface area contributed by atoms with Gasteiger partial charge in [0.05, 0.1) is 7.11 Å². The Morgan fingerprint density at radius 1 is 1.26 bits per heavy atom. The molecule has 0 heterocycles. The Bertz CT molecular complexity index is 454. The molecule has 0 spiro atoms. The zero-order valence-corrected chi connectivity index (χ0v) is 11.6. The molecule has 1 aromatic rings. The lowest BCUT2D eigenvalue weighted by Gasteiger charge is -2.18. The van der Waals surface area contributed by atoms with Crippen molar-refractivity contribution in [1.29, 1.82) is 0 Å². The molecule has 1 aromatic carbocycles. The first kappa shape index (κ1) is 12.7. The van der Waals surface area contributed by atoms with Gasteiger partial charge in [0.2, 0.25) is 0 Å². The molecule has 3 atom stereocenters. The van der Waals surface area contributed by atoms with Crippen LogP contribution < -0.4 is 10.1 Å². The molecule has 0 aromatic heterocycles. The topological polar surface area (TPSA) is 21.3 Å². The second kappa shape index (κ2) is 5.79. The van der Waals surface area contributed by atoms with Crippen LogP contribution in [0.5, 0.6) is 5.75 Å². The third-order valence-electron chi connectivity index (χ3n) is 4.55. The normalized spacial score (nSPS) is 27.9. The van der Waals surface area contributed by atoms with Gasteiger partial charge in [-0.15, -0.1) is 0 Å². The molecule has 2 bridgehead atoms. The van der Waals surface area contributed by atoms with Gasteiger partial charge in [-0.2, -0.15) is 0 Å². The predicted octanol–water partition coefficient (Wildman–Crippen LogP) is 3.04. The van der Waals surface area contributed by atoms with Crippen molar-refractivity contribution >= 4 is 0 Å². The molecule has 0 aliphatic heterocycles. The van der Waals surface area contributed by atoms with Crippen molar-refractivity contribution in [1.82, 2.24) is 5.32 Å².